The molecule has 8 nitrogen and oxygen atoms in total. The van der Waals surface area contributed by atoms with Crippen LogP contribution in [0.2, 0.25) is 0 Å². The van der Waals surface area contributed by atoms with Gasteiger partial charge >= 0.3 is 11.4 Å². The van der Waals surface area contributed by atoms with Crippen molar-refractivity contribution in [2.75, 3.05) is 26.2 Å². The van der Waals surface area contributed by atoms with Crippen LogP contribution in [0.1, 0.15) is 27.7 Å². The molecular weight excluding hydrogens is 264 g/mol. The van der Waals surface area contributed by atoms with Gasteiger partial charge in [-0.25, -0.2) is 0 Å². The smallest absolute Gasteiger partial charge is 0.363 e. The molecule has 0 aromatic rings. The SMILES string of the molecule is CCN(/C=C(/C(=C/N(CC)CC)[N+](=O)[O-])[N+](=O)[O-])CC. The van der Waals surface area contributed by atoms with Gasteiger partial charge in [0.05, 0.1) is 22.2 Å². The van der Waals surface area contributed by atoms with Gasteiger partial charge in [-0.3, -0.25) is 20.2 Å². The Balaban J connectivity index is 5.70. The minimum Gasteiger partial charge on any atom is -0.372 e. The maximum atomic E-state index is 11.1. The lowest BCUT2D eigenvalue weighted by molar-refractivity contribution is -0.480. The Labute approximate surface area is 118 Å². The van der Waals surface area contributed by atoms with Crippen LogP contribution in [0.3, 0.4) is 0 Å². The summed E-state index contributed by atoms with van der Waals surface area (Å²) < 4.78 is 0. The molecule has 0 aliphatic carbocycles. The van der Waals surface area contributed by atoms with Crippen LogP contribution < -0.4 is 0 Å². The van der Waals surface area contributed by atoms with E-state index in [0.29, 0.717) is 26.2 Å². The predicted molar refractivity (Wildman–Crippen MR) is 76.0 cm³/mol. The highest BCUT2D eigenvalue weighted by Crippen LogP contribution is 2.14. The highest BCUT2D eigenvalue weighted by Gasteiger charge is 2.30. The van der Waals surface area contributed by atoms with E-state index >= 15 is 0 Å². The molecule has 8 heteroatoms. The zero-order valence-electron chi connectivity index (χ0n) is 12.4. The fourth-order valence-corrected chi connectivity index (χ4v) is 1.57. The molecular formula is C12H22N4O4. The summed E-state index contributed by atoms with van der Waals surface area (Å²) in [6.07, 6.45) is 2.47. The van der Waals surface area contributed by atoms with Gasteiger partial charge in [0.2, 0.25) is 0 Å². The van der Waals surface area contributed by atoms with Crippen LogP contribution in [0.4, 0.5) is 0 Å². The summed E-state index contributed by atoms with van der Waals surface area (Å²) in [7, 11) is 0. The molecule has 20 heavy (non-hydrogen) atoms. The van der Waals surface area contributed by atoms with Gasteiger partial charge in [-0.2, -0.15) is 0 Å². The van der Waals surface area contributed by atoms with Crippen molar-refractivity contribution in [2.45, 2.75) is 27.7 Å². The van der Waals surface area contributed by atoms with Crippen molar-refractivity contribution < 1.29 is 9.85 Å². The summed E-state index contributed by atoms with van der Waals surface area (Å²) >= 11 is 0. The average molecular weight is 286 g/mol. The second-order valence-corrected chi connectivity index (χ2v) is 3.99. The lowest BCUT2D eigenvalue weighted by Gasteiger charge is -2.16. The zero-order valence-corrected chi connectivity index (χ0v) is 12.4. The Bertz CT molecular complexity index is 360. The lowest BCUT2D eigenvalue weighted by atomic mass is 10.3. The molecule has 114 valence electrons. The van der Waals surface area contributed by atoms with E-state index in [1.165, 1.54) is 12.4 Å². The first-order valence-electron chi connectivity index (χ1n) is 6.61. The van der Waals surface area contributed by atoms with Crippen molar-refractivity contribution in [2.24, 2.45) is 0 Å². The van der Waals surface area contributed by atoms with E-state index < -0.39 is 21.2 Å². The van der Waals surface area contributed by atoms with E-state index in [2.05, 4.69) is 0 Å². The zero-order chi connectivity index (χ0) is 15.7. The van der Waals surface area contributed by atoms with E-state index in [9.17, 15) is 20.2 Å². The van der Waals surface area contributed by atoms with Crippen LogP contribution >= 0.6 is 0 Å². The Morgan fingerprint density at radius 3 is 1.20 bits per heavy atom. The summed E-state index contributed by atoms with van der Waals surface area (Å²) in [6.45, 7) is 9.51. The summed E-state index contributed by atoms with van der Waals surface area (Å²) in [6, 6.07) is 0. The molecule has 0 spiro atoms. The predicted octanol–water partition coefficient (Wildman–Crippen LogP) is 1.91. The average Bonchev–Trinajstić information content (AvgIpc) is 2.42. The fourth-order valence-electron chi connectivity index (χ4n) is 1.57. The molecule has 0 aromatic carbocycles. The third kappa shape index (κ3) is 5.25. The van der Waals surface area contributed by atoms with Crippen molar-refractivity contribution in [3.63, 3.8) is 0 Å². The molecule has 0 aliphatic heterocycles. The number of nitrogens with zero attached hydrogens (tertiary/aromatic N) is 4. The van der Waals surface area contributed by atoms with Gasteiger partial charge in [0, 0.05) is 26.2 Å². The van der Waals surface area contributed by atoms with Crippen molar-refractivity contribution in [3.8, 4) is 0 Å². The third-order valence-corrected chi connectivity index (χ3v) is 2.89. The summed E-state index contributed by atoms with van der Waals surface area (Å²) in [5, 5.41) is 22.2. The maximum absolute atomic E-state index is 11.1. The molecule has 0 aromatic heterocycles. The van der Waals surface area contributed by atoms with Crippen LogP contribution in [0.15, 0.2) is 23.8 Å². The van der Waals surface area contributed by atoms with Crippen molar-refractivity contribution in [1.82, 2.24) is 9.80 Å². The van der Waals surface area contributed by atoms with Crippen LogP contribution in [-0.2, 0) is 0 Å². The molecule has 0 saturated carbocycles. The first-order chi connectivity index (χ1) is 9.40. The molecule has 0 atom stereocenters. The van der Waals surface area contributed by atoms with Gasteiger partial charge in [0.1, 0.15) is 0 Å². The molecule has 0 aliphatic rings. The van der Waals surface area contributed by atoms with Crippen LogP contribution in [-0.4, -0.2) is 45.8 Å². The molecule has 0 saturated heterocycles. The minimum absolute atomic E-state index is 0.495. The normalized spacial score (nSPS) is 12.2. The lowest BCUT2D eigenvalue weighted by Crippen LogP contribution is -2.23. The summed E-state index contributed by atoms with van der Waals surface area (Å²) in [5.74, 6) is 0. The minimum atomic E-state index is -0.712. The van der Waals surface area contributed by atoms with Crippen molar-refractivity contribution in [3.05, 3.63) is 44.0 Å². The topological polar surface area (TPSA) is 92.8 Å². The van der Waals surface area contributed by atoms with Crippen LogP contribution in [0.25, 0.3) is 0 Å². The summed E-state index contributed by atoms with van der Waals surface area (Å²) in [5.41, 5.74) is -0.990. The largest absolute Gasteiger partial charge is 0.372 e. The molecule has 0 N–H and O–H groups in total. The monoisotopic (exact) mass is 286 g/mol. The maximum Gasteiger partial charge on any atom is 0.363 e. The number of nitro groups is 2. The highest BCUT2D eigenvalue weighted by atomic mass is 16.6. The van der Waals surface area contributed by atoms with E-state index in [1.807, 2.05) is 27.7 Å². The molecule has 0 rings (SSSR count). The van der Waals surface area contributed by atoms with Crippen molar-refractivity contribution >= 4 is 0 Å². The number of hydrogen-bond donors (Lipinski definition) is 0. The number of rotatable bonds is 9. The highest BCUT2D eigenvalue weighted by molar-refractivity contribution is 5.17. The molecule has 0 radical (unpaired) electrons. The van der Waals surface area contributed by atoms with Gasteiger partial charge in [-0.1, -0.05) is 0 Å². The van der Waals surface area contributed by atoms with Gasteiger partial charge in [0.15, 0.2) is 0 Å². The van der Waals surface area contributed by atoms with E-state index in [-0.39, 0.29) is 0 Å². The Kier molecular flexibility index (Phi) is 7.95. The van der Waals surface area contributed by atoms with Gasteiger partial charge in [-0.15, -0.1) is 0 Å². The van der Waals surface area contributed by atoms with E-state index in [4.69, 9.17) is 0 Å². The van der Waals surface area contributed by atoms with E-state index in [1.54, 1.807) is 9.80 Å². The Morgan fingerprint density at radius 1 is 0.800 bits per heavy atom. The molecule has 0 fully saturated rings. The molecule has 0 bridgehead atoms. The summed E-state index contributed by atoms with van der Waals surface area (Å²) in [4.78, 5) is 24.1. The molecule has 0 unspecified atom stereocenters. The first kappa shape index (κ1) is 17.9. The van der Waals surface area contributed by atoms with Gasteiger partial charge in [0.25, 0.3) is 0 Å². The second kappa shape index (κ2) is 8.89. The molecule has 0 amide bonds. The van der Waals surface area contributed by atoms with E-state index in [0.717, 1.165) is 0 Å². The van der Waals surface area contributed by atoms with Crippen LogP contribution in [0.5, 0.6) is 0 Å². The van der Waals surface area contributed by atoms with Gasteiger partial charge < -0.3 is 9.80 Å². The first-order valence-corrected chi connectivity index (χ1v) is 6.61. The van der Waals surface area contributed by atoms with Gasteiger partial charge in [-0.05, 0) is 27.7 Å². The Hall–Kier alpha value is -2.12. The fraction of sp³-hybridized carbons (Fsp3) is 0.667. The molecule has 0 heterocycles. The van der Waals surface area contributed by atoms with Crippen molar-refractivity contribution in [1.29, 1.82) is 0 Å². The number of hydrogen-bond acceptors (Lipinski definition) is 6. The second-order valence-electron chi connectivity index (χ2n) is 3.99. The standard InChI is InChI=1S/C12H22N4O4/c1-5-13(6-2)9-11(15(17)18)12(16(19)20)10-14(7-3)8-4/h9-10H,5-8H2,1-4H3/b11-9-,12-10-. The Morgan fingerprint density at radius 2 is 1.05 bits per heavy atom. The third-order valence-electron chi connectivity index (χ3n) is 2.89. The quantitative estimate of drug-likeness (QED) is 0.365. The van der Waals surface area contributed by atoms with Crippen LogP contribution in [0, 0.1) is 20.2 Å².